The highest BCUT2D eigenvalue weighted by atomic mass is 35.5. The summed E-state index contributed by atoms with van der Waals surface area (Å²) in [6.45, 7) is 2.22. The van der Waals surface area contributed by atoms with Gasteiger partial charge in [-0.3, -0.25) is 0 Å². The van der Waals surface area contributed by atoms with Crippen LogP contribution in [-0.4, -0.2) is 5.54 Å². The topological polar surface area (TPSA) is 26.0 Å². The molecule has 23 heavy (non-hydrogen) atoms. The molecule has 128 valence electrons. The van der Waals surface area contributed by atoms with Gasteiger partial charge in [0.05, 0.1) is 0 Å². The highest BCUT2D eigenvalue weighted by Crippen LogP contribution is 2.43. The minimum Gasteiger partial charge on any atom is -0.325 e. The quantitative estimate of drug-likeness (QED) is 0.711. The van der Waals surface area contributed by atoms with E-state index in [0.717, 1.165) is 24.3 Å². The second-order valence-electron chi connectivity index (χ2n) is 8.03. The third-order valence-electron chi connectivity index (χ3n) is 6.38. The lowest BCUT2D eigenvalue weighted by molar-refractivity contribution is 0.254. The molecule has 2 atom stereocenters. The SMILES string of the molecule is CC1(N)CCCC1CCC1CCC(c2c(F)cccc2Cl)CC1. The van der Waals surface area contributed by atoms with Gasteiger partial charge >= 0.3 is 0 Å². The van der Waals surface area contributed by atoms with Crippen LogP contribution in [0.2, 0.25) is 5.02 Å². The molecule has 2 fully saturated rings. The fourth-order valence-electron chi connectivity index (χ4n) is 4.81. The predicted octanol–water partition coefficient (Wildman–Crippen LogP) is 6.05. The summed E-state index contributed by atoms with van der Waals surface area (Å²) in [5.74, 6) is 1.64. The molecule has 1 nitrogen and oxygen atoms in total. The Bertz CT molecular complexity index is 514. The fourth-order valence-corrected chi connectivity index (χ4v) is 5.13. The zero-order valence-electron chi connectivity index (χ0n) is 14.2. The molecular weight excluding hydrogens is 309 g/mol. The van der Waals surface area contributed by atoms with Gasteiger partial charge in [-0.15, -0.1) is 0 Å². The lowest BCUT2D eigenvalue weighted by atomic mass is 9.75. The van der Waals surface area contributed by atoms with E-state index in [0.29, 0.717) is 16.9 Å². The van der Waals surface area contributed by atoms with E-state index in [2.05, 4.69) is 6.92 Å². The molecule has 0 bridgehead atoms. The fraction of sp³-hybridized carbons (Fsp3) is 0.700. The number of benzene rings is 1. The minimum atomic E-state index is -0.134. The van der Waals surface area contributed by atoms with Crippen LogP contribution in [0.1, 0.15) is 76.2 Å². The molecule has 0 aromatic heterocycles. The van der Waals surface area contributed by atoms with E-state index in [1.807, 2.05) is 6.07 Å². The van der Waals surface area contributed by atoms with Gasteiger partial charge in [0.1, 0.15) is 5.82 Å². The van der Waals surface area contributed by atoms with Gasteiger partial charge in [-0.1, -0.05) is 30.5 Å². The summed E-state index contributed by atoms with van der Waals surface area (Å²) in [5, 5.41) is 0.596. The van der Waals surface area contributed by atoms with E-state index in [-0.39, 0.29) is 11.4 Å². The molecule has 2 N–H and O–H groups in total. The number of hydrogen-bond donors (Lipinski definition) is 1. The first-order valence-electron chi connectivity index (χ1n) is 9.20. The Morgan fingerprint density at radius 2 is 1.91 bits per heavy atom. The summed E-state index contributed by atoms with van der Waals surface area (Å²) >= 11 is 6.22. The van der Waals surface area contributed by atoms with Gasteiger partial charge in [0.15, 0.2) is 0 Å². The van der Waals surface area contributed by atoms with Crippen molar-refractivity contribution in [3.63, 3.8) is 0 Å². The molecule has 1 aromatic carbocycles. The van der Waals surface area contributed by atoms with E-state index < -0.39 is 0 Å². The van der Waals surface area contributed by atoms with Crippen molar-refractivity contribution in [2.24, 2.45) is 17.6 Å². The van der Waals surface area contributed by atoms with Crippen LogP contribution in [0.4, 0.5) is 4.39 Å². The molecule has 0 aliphatic heterocycles. The minimum absolute atomic E-state index is 0.0535. The molecule has 3 heteroatoms. The largest absolute Gasteiger partial charge is 0.325 e. The molecule has 2 unspecified atom stereocenters. The van der Waals surface area contributed by atoms with Crippen molar-refractivity contribution in [3.8, 4) is 0 Å². The van der Waals surface area contributed by atoms with E-state index in [4.69, 9.17) is 17.3 Å². The van der Waals surface area contributed by atoms with Crippen molar-refractivity contribution in [2.45, 2.75) is 76.2 Å². The first kappa shape index (κ1) is 17.2. The number of halogens is 2. The van der Waals surface area contributed by atoms with Gasteiger partial charge in [-0.25, -0.2) is 4.39 Å². The van der Waals surface area contributed by atoms with Crippen molar-refractivity contribution in [1.82, 2.24) is 0 Å². The van der Waals surface area contributed by atoms with Gasteiger partial charge in [-0.2, -0.15) is 0 Å². The Morgan fingerprint density at radius 3 is 2.52 bits per heavy atom. The normalized spacial score (nSPS) is 34.7. The van der Waals surface area contributed by atoms with Crippen molar-refractivity contribution < 1.29 is 4.39 Å². The standard InChI is InChI=1S/C20H29ClFN/c1-20(23)13-3-4-16(20)12-9-14-7-10-15(11-8-14)19-17(21)5-2-6-18(19)22/h2,5-6,14-16H,3-4,7-13,23H2,1H3. The monoisotopic (exact) mass is 337 g/mol. The average Bonchev–Trinajstić information content (AvgIpc) is 2.85. The van der Waals surface area contributed by atoms with Gasteiger partial charge in [0.2, 0.25) is 0 Å². The molecule has 0 amide bonds. The van der Waals surface area contributed by atoms with Gasteiger partial charge < -0.3 is 5.73 Å². The highest BCUT2D eigenvalue weighted by molar-refractivity contribution is 6.31. The molecule has 0 spiro atoms. The van der Waals surface area contributed by atoms with Crippen molar-refractivity contribution >= 4 is 11.6 Å². The predicted molar refractivity (Wildman–Crippen MR) is 95.3 cm³/mol. The van der Waals surface area contributed by atoms with Crippen LogP contribution in [0.15, 0.2) is 18.2 Å². The summed E-state index contributed by atoms with van der Waals surface area (Å²) in [7, 11) is 0. The molecule has 0 heterocycles. The van der Waals surface area contributed by atoms with Crippen LogP contribution >= 0.6 is 11.6 Å². The second-order valence-corrected chi connectivity index (χ2v) is 8.43. The van der Waals surface area contributed by atoms with Crippen molar-refractivity contribution in [3.05, 3.63) is 34.6 Å². The summed E-state index contributed by atoms with van der Waals surface area (Å²) in [5.41, 5.74) is 7.21. The zero-order chi connectivity index (χ0) is 16.4. The smallest absolute Gasteiger partial charge is 0.128 e. The average molecular weight is 338 g/mol. The summed E-state index contributed by atoms with van der Waals surface area (Å²) in [4.78, 5) is 0. The molecule has 0 saturated heterocycles. The third kappa shape index (κ3) is 3.91. The van der Waals surface area contributed by atoms with Crippen LogP contribution in [0, 0.1) is 17.7 Å². The van der Waals surface area contributed by atoms with Crippen LogP contribution in [0.3, 0.4) is 0 Å². The Morgan fingerprint density at radius 1 is 1.17 bits per heavy atom. The Balaban J connectivity index is 1.51. The van der Waals surface area contributed by atoms with Crippen LogP contribution in [0.25, 0.3) is 0 Å². The number of rotatable bonds is 4. The number of hydrogen-bond acceptors (Lipinski definition) is 1. The highest BCUT2D eigenvalue weighted by Gasteiger charge is 2.35. The third-order valence-corrected chi connectivity index (χ3v) is 6.71. The van der Waals surface area contributed by atoms with Gasteiger partial charge in [0, 0.05) is 16.1 Å². The van der Waals surface area contributed by atoms with Crippen LogP contribution < -0.4 is 5.73 Å². The van der Waals surface area contributed by atoms with Crippen LogP contribution in [-0.2, 0) is 0 Å². The Kier molecular flexibility index (Phi) is 5.32. The lowest BCUT2D eigenvalue weighted by Gasteiger charge is -2.32. The molecule has 0 radical (unpaired) electrons. The Hall–Kier alpha value is -0.600. The first-order chi connectivity index (χ1) is 11.0. The molecule has 3 rings (SSSR count). The lowest BCUT2D eigenvalue weighted by Crippen LogP contribution is -2.39. The maximum atomic E-state index is 14.1. The molecule has 2 saturated carbocycles. The van der Waals surface area contributed by atoms with E-state index in [9.17, 15) is 4.39 Å². The maximum Gasteiger partial charge on any atom is 0.128 e. The first-order valence-corrected chi connectivity index (χ1v) is 9.58. The van der Waals surface area contributed by atoms with Crippen LogP contribution in [0.5, 0.6) is 0 Å². The summed E-state index contributed by atoms with van der Waals surface area (Å²) in [6.07, 6.45) is 10.8. The van der Waals surface area contributed by atoms with Crippen molar-refractivity contribution in [2.75, 3.05) is 0 Å². The molecule has 2 aliphatic carbocycles. The summed E-state index contributed by atoms with van der Waals surface area (Å²) in [6, 6.07) is 5.04. The second kappa shape index (κ2) is 7.11. The maximum absolute atomic E-state index is 14.1. The zero-order valence-corrected chi connectivity index (χ0v) is 14.9. The number of nitrogens with two attached hydrogens (primary N) is 1. The van der Waals surface area contributed by atoms with Gasteiger partial charge in [0.25, 0.3) is 0 Å². The van der Waals surface area contributed by atoms with E-state index >= 15 is 0 Å². The van der Waals surface area contributed by atoms with Gasteiger partial charge in [-0.05, 0) is 81.8 Å². The molecule has 2 aliphatic rings. The van der Waals surface area contributed by atoms with Crippen molar-refractivity contribution in [1.29, 1.82) is 0 Å². The van der Waals surface area contributed by atoms with E-state index in [1.165, 1.54) is 51.0 Å². The van der Waals surface area contributed by atoms with E-state index in [1.54, 1.807) is 6.07 Å². The Labute approximate surface area is 144 Å². The molecule has 1 aromatic rings. The summed E-state index contributed by atoms with van der Waals surface area (Å²) < 4.78 is 14.1. The molecular formula is C20H29ClFN.